The first kappa shape index (κ1) is 12.0. The first-order valence-corrected chi connectivity index (χ1v) is 7.29. The fraction of sp³-hybridized carbons (Fsp3) is 1.00. The summed E-state index contributed by atoms with van der Waals surface area (Å²) >= 11 is 0. The van der Waals surface area contributed by atoms with Crippen LogP contribution in [0.1, 0.15) is 53.4 Å². The lowest BCUT2D eigenvalue weighted by atomic mass is 9.71. The van der Waals surface area contributed by atoms with E-state index in [1.807, 2.05) is 0 Å². The van der Waals surface area contributed by atoms with Crippen LogP contribution in [0.4, 0.5) is 0 Å². The van der Waals surface area contributed by atoms with Crippen LogP contribution in [0, 0.1) is 23.7 Å². The van der Waals surface area contributed by atoms with Gasteiger partial charge in [0, 0.05) is 0 Å². The van der Waals surface area contributed by atoms with Gasteiger partial charge in [0.05, 0.1) is 17.3 Å². The zero-order valence-corrected chi connectivity index (χ0v) is 11.6. The van der Waals surface area contributed by atoms with Gasteiger partial charge in [-0.15, -0.1) is 0 Å². The Balaban J connectivity index is 1.95. The molecule has 2 aliphatic carbocycles. The minimum Gasteiger partial charge on any atom is -0.389 e. The maximum atomic E-state index is 11.1. The third-order valence-electron chi connectivity index (χ3n) is 6.01. The van der Waals surface area contributed by atoms with Crippen molar-refractivity contribution in [1.82, 2.24) is 0 Å². The molecule has 1 saturated heterocycles. The molecule has 3 rings (SSSR count). The van der Waals surface area contributed by atoms with E-state index in [0.29, 0.717) is 23.9 Å². The van der Waals surface area contributed by atoms with Crippen molar-refractivity contribution in [2.45, 2.75) is 70.7 Å². The molecule has 1 aliphatic heterocycles. The van der Waals surface area contributed by atoms with E-state index in [1.165, 1.54) is 12.8 Å². The molecular weight excluding hydrogens is 212 g/mol. The Kier molecular flexibility index (Phi) is 2.45. The minimum atomic E-state index is -0.449. The second-order valence-electron chi connectivity index (χ2n) is 7.24. The van der Waals surface area contributed by atoms with Crippen LogP contribution in [0.2, 0.25) is 0 Å². The number of ether oxygens (including phenoxy) is 1. The van der Waals surface area contributed by atoms with Gasteiger partial charge in [0.15, 0.2) is 0 Å². The lowest BCUT2D eigenvalue weighted by molar-refractivity contribution is -0.0857. The summed E-state index contributed by atoms with van der Waals surface area (Å²) in [5, 5.41) is 11.1. The molecule has 3 aliphatic rings. The van der Waals surface area contributed by atoms with Gasteiger partial charge in [-0.3, -0.25) is 0 Å². The van der Waals surface area contributed by atoms with Gasteiger partial charge in [-0.2, -0.15) is 0 Å². The maximum Gasteiger partial charge on any atom is 0.0924 e. The monoisotopic (exact) mass is 238 g/mol. The van der Waals surface area contributed by atoms with Crippen molar-refractivity contribution in [3.63, 3.8) is 0 Å². The van der Waals surface area contributed by atoms with Crippen LogP contribution in [0.25, 0.3) is 0 Å². The highest BCUT2D eigenvalue weighted by atomic mass is 16.6. The van der Waals surface area contributed by atoms with Crippen LogP contribution in [0.5, 0.6) is 0 Å². The van der Waals surface area contributed by atoms with Crippen molar-refractivity contribution in [2.75, 3.05) is 0 Å². The van der Waals surface area contributed by atoms with Crippen molar-refractivity contribution in [2.24, 2.45) is 23.7 Å². The average molecular weight is 238 g/mol. The van der Waals surface area contributed by atoms with E-state index in [-0.39, 0.29) is 5.60 Å². The lowest BCUT2D eigenvalue weighted by Crippen LogP contribution is -2.45. The molecule has 2 nitrogen and oxygen atoms in total. The van der Waals surface area contributed by atoms with Crippen molar-refractivity contribution >= 4 is 0 Å². The quantitative estimate of drug-likeness (QED) is 0.712. The molecule has 0 aromatic carbocycles. The molecule has 3 fully saturated rings. The van der Waals surface area contributed by atoms with E-state index in [0.717, 1.165) is 18.8 Å². The molecule has 0 aromatic heterocycles. The van der Waals surface area contributed by atoms with Crippen LogP contribution < -0.4 is 0 Å². The molecule has 6 unspecified atom stereocenters. The number of fused-ring (bicyclic) bond motifs is 3. The largest absolute Gasteiger partial charge is 0.389 e. The standard InChI is InChI=1S/C15H26O2/c1-9(2)15(16)8-7-14(4)13(17-14)12-10(3)5-6-11(12)15/h9-13,16H,5-8H2,1-4H3. The molecule has 0 radical (unpaired) electrons. The van der Waals surface area contributed by atoms with E-state index in [2.05, 4.69) is 27.7 Å². The summed E-state index contributed by atoms with van der Waals surface area (Å²) in [4.78, 5) is 0. The highest BCUT2D eigenvalue weighted by Gasteiger charge is 2.65. The highest BCUT2D eigenvalue weighted by molar-refractivity contribution is 5.14. The number of rotatable bonds is 1. The Morgan fingerprint density at radius 1 is 1.24 bits per heavy atom. The Morgan fingerprint density at radius 2 is 1.94 bits per heavy atom. The van der Waals surface area contributed by atoms with Gasteiger partial charge >= 0.3 is 0 Å². The normalized spacial score (nSPS) is 57.5. The van der Waals surface area contributed by atoms with Crippen molar-refractivity contribution < 1.29 is 9.84 Å². The van der Waals surface area contributed by atoms with Crippen LogP contribution in [-0.2, 0) is 4.74 Å². The zero-order valence-electron chi connectivity index (χ0n) is 11.6. The molecule has 6 atom stereocenters. The summed E-state index contributed by atoms with van der Waals surface area (Å²) in [6, 6.07) is 0. The number of aliphatic hydroxyl groups is 1. The second-order valence-corrected chi connectivity index (χ2v) is 7.24. The third kappa shape index (κ3) is 1.53. The Morgan fingerprint density at radius 3 is 2.59 bits per heavy atom. The van der Waals surface area contributed by atoms with Crippen LogP contribution in [0.15, 0.2) is 0 Å². The van der Waals surface area contributed by atoms with Gasteiger partial charge in [-0.25, -0.2) is 0 Å². The smallest absolute Gasteiger partial charge is 0.0924 e. The zero-order chi connectivity index (χ0) is 12.4. The van der Waals surface area contributed by atoms with Crippen LogP contribution in [-0.4, -0.2) is 22.4 Å². The molecule has 2 saturated carbocycles. The van der Waals surface area contributed by atoms with Crippen molar-refractivity contribution in [1.29, 1.82) is 0 Å². The Bertz CT molecular complexity index is 327. The molecule has 98 valence electrons. The predicted octanol–water partition coefficient (Wildman–Crippen LogP) is 2.99. The molecule has 0 amide bonds. The number of epoxide rings is 1. The summed E-state index contributed by atoms with van der Waals surface area (Å²) in [7, 11) is 0. The summed E-state index contributed by atoms with van der Waals surface area (Å²) in [6.45, 7) is 8.95. The molecule has 0 bridgehead atoms. The van der Waals surface area contributed by atoms with Gasteiger partial charge in [0.1, 0.15) is 0 Å². The van der Waals surface area contributed by atoms with E-state index in [1.54, 1.807) is 0 Å². The van der Waals surface area contributed by atoms with Crippen LogP contribution >= 0.6 is 0 Å². The van der Waals surface area contributed by atoms with E-state index < -0.39 is 5.60 Å². The molecular formula is C15H26O2. The topological polar surface area (TPSA) is 32.8 Å². The second kappa shape index (κ2) is 3.48. The minimum absolute atomic E-state index is 0.0842. The molecule has 1 N–H and O–H groups in total. The van der Waals surface area contributed by atoms with E-state index in [4.69, 9.17) is 4.74 Å². The highest BCUT2D eigenvalue weighted by Crippen LogP contribution is 2.60. The van der Waals surface area contributed by atoms with Gasteiger partial charge in [0.2, 0.25) is 0 Å². The summed E-state index contributed by atoms with van der Waals surface area (Å²) in [5.41, 5.74) is -0.365. The van der Waals surface area contributed by atoms with Gasteiger partial charge in [-0.1, -0.05) is 20.8 Å². The lowest BCUT2D eigenvalue weighted by Gasteiger charge is -2.40. The molecule has 0 spiro atoms. The Hall–Kier alpha value is -0.0800. The van der Waals surface area contributed by atoms with E-state index in [9.17, 15) is 5.11 Å². The third-order valence-corrected chi connectivity index (χ3v) is 6.01. The summed E-state index contributed by atoms with van der Waals surface area (Å²) in [5.74, 6) is 2.14. The van der Waals surface area contributed by atoms with Gasteiger partial charge in [-0.05, 0) is 56.3 Å². The first-order valence-electron chi connectivity index (χ1n) is 7.29. The fourth-order valence-corrected chi connectivity index (χ4v) is 4.61. The molecule has 0 aromatic rings. The van der Waals surface area contributed by atoms with Gasteiger partial charge in [0.25, 0.3) is 0 Å². The summed E-state index contributed by atoms with van der Waals surface area (Å²) in [6.07, 6.45) is 4.84. The van der Waals surface area contributed by atoms with Gasteiger partial charge < -0.3 is 9.84 Å². The number of hydrogen-bond donors (Lipinski definition) is 1. The molecule has 1 heterocycles. The first-order chi connectivity index (χ1) is 7.88. The van der Waals surface area contributed by atoms with E-state index >= 15 is 0 Å². The maximum absolute atomic E-state index is 11.1. The molecule has 2 heteroatoms. The fourth-order valence-electron chi connectivity index (χ4n) is 4.61. The summed E-state index contributed by atoms with van der Waals surface area (Å²) < 4.78 is 5.99. The SMILES string of the molecule is CC1CCC2C1C1OC1(C)CCC2(O)C(C)C. The van der Waals surface area contributed by atoms with Crippen molar-refractivity contribution in [3.8, 4) is 0 Å². The molecule has 17 heavy (non-hydrogen) atoms. The van der Waals surface area contributed by atoms with Crippen molar-refractivity contribution in [3.05, 3.63) is 0 Å². The Labute approximate surface area is 105 Å². The van der Waals surface area contributed by atoms with Crippen LogP contribution in [0.3, 0.4) is 0 Å². The predicted molar refractivity (Wildman–Crippen MR) is 67.7 cm³/mol. The number of hydrogen-bond acceptors (Lipinski definition) is 2. The average Bonchev–Trinajstić information content (AvgIpc) is 2.78.